The van der Waals surface area contributed by atoms with Crippen LogP contribution in [-0.2, 0) is 9.59 Å². The Balaban J connectivity index is 1.90. The van der Waals surface area contributed by atoms with E-state index >= 15 is 0 Å². The van der Waals surface area contributed by atoms with Gasteiger partial charge in [-0.15, -0.1) is 11.3 Å². The fraction of sp³-hybridized carbons (Fsp3) is 0.143. The van der Waals surface area contributed by atoms with Crippen molar-refractivity contribution in [1.29, 1.82) is 0 Å². The first kappa shape index (κ1) is 16.1. The van der Waals surface area contributed by atoms with Gasteiger partial charge in [-0.05, 0) is 24.4 Å². The monoisotopic (exact) mass is 335 g/mol. The summed E-state index contributed by atoms with van der Waals surface area (Å²) in [7, 11) is 0. The zero-order valence-corrected chi connectivity index (χ0v) is 13.3. The fourth-order valence-electron chi connectivity index (χ4n) is 1.44. The number of thiazole rings is 1. The van der Waals surface area contributed by atoms with Crippen LogP contribution in [0.2, 0.25) is 0 Å². The number of benzene rings is 1. The molecule has 0 aliphatic rings. The highest BCUT2D eigenvalue weighted by molar-refractivity contribution is 7.80. The Labute approximate surface area is 136 Å². The Morgan fingerprint density at radius 1 is 1.27 bits per heavy atom. The molecule has 0 amide bonds. The molecule has 0 aliphatic carbocycles. The van der Waals surface area contributed by atoms with Crippen molar-refractivity contribution in [3.05, 3.63) is 35.7 Å². The maximum absolute atomic E-state index is 11.4. The number of Topliss-reactive ketones (excluding diaryl/α,β-unsaturated/α-hetero) is 1. The maximum Gasteiger partial charge on any atom is 0.381 e. The second kappa shape index (κ2) is 7.62. The zero-order valence-electron chi connectivity index (χ0n) is 11.7. The van der Waals surface area contributed by atoms with Crippen molar-refractivity contribution in [3.63, 3.8) is 0 Å². The summed E-state index contributed by atoms with van der Waals surface area (Å²) in [6.45, 7) is 1.59. The van der Waals surface area contributed by atoms with Gasteiger partial charge in [-0.25, -0.2) is 4.79 Å². The Morgan fingerprint density at radius 3 is 2.68 bits per heavy atom. The maximum atomic E-state index is 11.4. The molecule has 0 saturated heterocycles. The lowest BCUT2D eigenvalue weighted by molar-refractivity contribution is -0.147. The number of rotatable bonds is 5. The number of carbonyl (C=O) groups is 2. The molecule has 0 atom stereocenters. The second-order valence-corrected chi connectivity index (χ2v) is 5.37. The molecular weight excluding hydrogens is 322 g/mol. The highest BCUT2D eigenvalue weighted by Gasteiger charge is 2.15. The molecule has 0 spiro atoms. The molecular formula is C14H13N3O3S2. The van der Waals surface area contributed by atoms with Crippen LogP contribution < -0.4 is 15.4 Å². The van der Waals surface area contributed by atoms with Gasteiger partial charge >= 0.3 is 5.97 Å². The van der Waals surface area contributed by atoms with Crippen molar-refractivity contribution in [2.24, 2.45) is 0 Å². The summed E-state index contributed by atoms with van der Waals surface area (Å²) in [4.78, 5) is 26.5. The Morgan fingerprint density at radius 2 is 2.00 bits per heavy atom. The molecule has 0 fully saturated rings. The molecule has 0 radical (unpaired) electrons. The minimum absolute atomic E-state index is 0.0711. The number of nitrogens with zero attached hydrogens (tertiary/aromatic N) is 1. The van der Waals surface area contributed by atoms with Gasteiger partial charge in [0.25, 0.3) is 0 Å². The molecule has 0 aliphatic heterocycles. The molecule has 1 heterocycles. The molecule has 1 aromatic heterocycles. The number of anilines is 2. The summed E-state index contributed by atoms with van der Waals surface area (Å²) < 4.78 is 4.85. The molecule has 6 nitrogen and oxygen atoms in total. The number of aromatic nitrogens is 1. The average Bonchev–Trinajstić information content (AvgIpc) is 2.94. The van der Waals surface area contributed by atoms with E-state index in [1.165, 1.54) is 16.7 Å². The summed E-state index contributed by atoms with van der Waals surface area (Å²) in [5.74, 6) is -1.44. The lowest BCUT2D eigenvalue weighted by atomic mass is 10.3. The quantitative estimate of drug-likeness (QED) is 0.494. The van der Waals surface area contributed by atoms with Crippen LogP contribution in [0.3, 0.4) is 0 Å². The van der Waals surface area contributed by atoms with Gasteiger partial charge in [-0.3, -0.25) is 4.79 Å². The van der Waals surface area contributed by atoms with Gasteiger partial charge in [0.1, 0.15) is 0 Å². The number of hydrogen-bond acceptors (Lipinski definition) is 6. The summed E-state index contributed by atoms with van der Waals surface area (Å²) >= 11 is 6.37. The Kier molecular flexibility index (Phi) is 5.56. The Bertz CT molecular complexity index is 686. The van der Waals surface area contributed by atoms with Crippen LogP contribution in [0.4, 0.5) is 10.8 Å². The highest BCUT2D eigenvalue weighted by Crippen LogP contribution is 2.21. The average molecular weight is 335 g/mol. The van der Waals surface area contributed by atoms with E-state index in [9.17, 15) is 9.59 Å². The van der Waals surface area contributed by atoms with E-state index in [-0.39, 0.29) is 12.3 Å². The van der Waals surface area contributed by atoms with E-state index in [0.717, 1.165) is 5.69 Å². The van der Waals surface area contributed by atoms with Gasteiger partial charge in [0.05, 0.1) is 5.38 Å². The SMILES string of the molecule is CCC(=O)C(=O)Oc1csc(NC(=S)Nc2ccccc2)n1. The van der Waals surface area contributed by atoms with Crippen molar-refractivity contribution in [2.45, 2.75) is 13.3 Å². The first-order chi connectivity index (χ1) is 10.6. The number of thiocarbonyl (C=S) groups is 1. The largest absolute Gasteiger partial charge is 0.401 e. The van der Waals surface area contributed by atoms with E-state index in [2.05, 4.69) is 15.6 Å². The van der Waals surface area contributed by atoms with Gasteiger partial charge in [-0.1, -0.05) is 25.1 Å². The summed E-state index contributed by atoms with van der Waals surface area (Å²) in [5.41, 5.74) is 0.844. The van der Waals surface area contributed by atoms with Crippen LogP contribution in [0.1, 0.15) is 13.3 Å². The van der Waals surface area contributed by atoms with Gasteiger partial charge in [0.2, 0.25) is 11.7 Å². The predicted molar refractivity (Wildman–Crippen MR) is 89.3 cm³/mol. The number of esters is 1. The van der Waals surface area contributed by atoms with Gasteiger partial charge in [-0.2, -0.15) is 4.98 Å². The van der Waals surface area contributed by atoms with Crippen molar-refractivity contribution < 1.29 is 14.3 Å². The lowest BCUT2D eigenvalue weighted by Crippen LogP contribution is -2.20. The van der Waals surface area contributed by atoms with Crippen LogP contribution in [0.25, 0.3) is 0 Å². The Hall–Kier alpha value is -2.32. The minimum atomic E-state index is -0.913. The third-order valence-corrected chi connectivity index (χ3v) is 3.42. The molecule has 0 saturated carbocycles. The van der Waals surface area contributed by atoms with Crippen LogP contribution in [-0.4, -0.2) is 21.8 Å². The predicted octanol–water partition coefficient (Wildman–Crippen LogP) is 2.84. The van der Waals surface area contributed by atoms with E-state index in [1.807, 2.05) is 30.3 Å². The van der Waals surface area contributed by atoms with Crippen LogP contribution >= 0.6 is 23.6 Å². The number of hydrogen-bond donors (Lipinski definition) is 2. The van der Waals surface area contributed by atoms with Crippen LogP contribution in [0.15, 0.2) is 35.7 Å². The number of ether oxygens (including phenoxy) is 1. The summed E-state index contributed by atoms with van der Waals surface area (Å²) in [5, 5.41) is 8.22. The molecule has 8 heteroatoms. The van der Waals surface area contributed by atoms with E-state index in [0.29, 0.717) is 10.2 Å². The molecule has 22 heavy (non-hydrogen) atoms. The van der Waals surface area contributed by atoms with Crippen molar-refractivity contribution in [2.75, 3.05) is 10.6 Å². The van der Waals surface area contributed by atoms with Crippen molar-refractivity contribution >= 4 is 51.2 Å². The first-order valence-electron chi connectivity index (χ1n) is 6.42. The molecule has 2 N–H and O–H groups in total. The van der Waals surface area contributed by atoms with Crippen molar-refractivity contribution in [1.82, 2.24) is 4.98 Å². The third kappa shape index (κ3) is 4.61. The van der Waals surface area contributed by atoms with Gasteiger partial charge in [0.15, 0.2) is 10.2 Å². The van der Waals surface area contributed by atoms with E-state index in [4.69, 9.17) is 17.0 Å². The molecule has 0 unspecified atom stereocenters. The molecule has 2 rings (SSSR count). The molecule has 2 aromatic rings. The number of carbonyl (C=O) groups excluding carboxylic acids is 2. The fourth-order valence-corrected chi connectivity index (χ4v) is 2.34. The standard InChI is InChI=1S/C14H13N3O3S2/c1-2-10(18)12(19)20-11-8-22-14(16-11)17-13(21)15-9-6-4-3-5-7-9/h3-8H,2H2,1H3,(H2,15,16,17,21). The van der Waals surface area contributed by atoms with Crippen molar-refractivity contribution in [3.8, 4) is 5.88 Å². The smallest absolute Gasteiger partial charge is 0.381 e. The summed E-state index contributed by atoms with van der Waals surface area (Å²) in [6.07, 6.45) is 0.0964. The van der Waals surface area contributed by atoms with Crippen LogP contribution in [0, 0.1) is 0 Å². The lowest BCUT2D eigenvalue weighted by Gasteiger charge is -2.07. The minimum Gasteiger partial charge on any atom is -0.401 e. The third-order valence-electron chi connectivity index (χ3n) is 2.48. The molecule has 0 bridgehead atoms. The normalized spacial score (nSPS) is 9.86. The molecule has 114 valence electrons. The number of ketones is 1. The van der Waals surface area contributed by atoms with Gasteiger partial charge in [0, 0.05) is 12.1 Å². The highest BCUT2D eigenvalue weighted by atomic mass is 32.1. The van der Waals surface area contributed by atoms with Gasteiger partial charge < -0.3 is 15.4 Å². The second-order valence-electron chi connectivity index (χ2n) is 4.10. The molecule has 1 aromatic carbocycles. The topological polar surface area (TPSA) is 80.3 Å². The van der Waals surface area contributed by atoms with Crippen LogP contribution in [0.5, 0.6) is 5.88 Å². The first-order valence-corrected chi connectivity index (χ1v) is 7.71. The van der Waals surface area contributed by atoms with E-state index in [1.54, 1.807) is 6.92 Å². The summed E-state index contributed by atoms with van der Waals surface area (Å²) in [6, 6.07) is 9.42. The zero-order chi connectivity index (χ0) is 15.9. The van der Waals surface area contributed by atoms with E-state index < -0.39 is 11.8 Å². The number of para-hydroxylation sites is 1. The number of nitrogens with one attached hydrogen (secondary N) is 2.